The van der Waals surface area contributed by atoms with Crippen LogP contribution in [0.5, 0.6) is 0 Å². The van der Waals surface area contributed by atoms with Crippen molar-refractivity contribution in [1.29, 1.82) is 0 Å². The van der Waals surface area contributed by atoms with Gasteiger partial charge >= 0.3 is 0 Å². The molecule has 1 heterocycles. The number of thioether (sulfide) groups is 1. The molecule has 1 aromatic rings. The van der Waals surface area contributed by atoms with Gasteiger partial charge < -0.3 is 0 Å². The van der Waals surface area contributed by atoms with E-state index >= 15 is 0 Å². The first-order valence-corrected chi connectivity index (χ1v) is 9.98. The molecule has 0 spiro atoms. The highest BCUT2D eigenvalue weighted by molar-refractivity contribution is 7.98. The van der Waals surface area contributed by atoms with Crippen molar-refractivity contribution in [2.24, 2.45) is 5.92 Å². The van der Waals surface area contributed by atoms with Crippen molar-refractivity contribution in [3.05, 3.63) is 29.8 Å². The minimum absolute atomic E-state index is 0.0657. The summed E-state index contributed by atoms with van der Waals surface area (Å²) >= 11 is 1.55. The Balaban J connectivity index is 2.20. The third-order valence-electron chi connectivity index (χ3n) is 3.89. The normalized spacial score (nSPS) is 20.4. The molecule has 1 aliphatic rings. The maximum absolute atomic E-state index is 12.7. The van der Waals surface area contributed by atoms with E-state index in [1.54, 1.807) is 18.7 Å². The van der Waals surface area contributed by atoms with E-state index in [1.807, 2.05) is 30.5 Å². The third-order valence-corrected chi connectivity index (χ3v) is 6.53. The first-order valence-electron chi connectivity index (χ1n) is 7.14. The van der Waals surface area contributed by atoms with Gasteiger partial charge in [-0.05, 0) is 32.1 Å². The standard InChI is InChI=1S/C15H21NO3S2/c1-3-21(18,19)16-10-6-7-12(11-16)15(17)13-8-4-5-9-14(13)20-2/h4-5,8-9,12H,3,6-7,10-11H2,1-2H3. The lowest BCUT2D eigenvalue weighted by molar-refractivity contribution is 0.0869. The summed E-state index contributed by atoms with van der Waals surface area (Å²) in [5.41, 5.74) is 0.714. The fourth-order valence-electron chi connectivity index (χ4n) is 2.66. The number of rotatable bonds is 5. The van der Waals surface area contributed by atoms with Gasteiger partial charge in [-0.15, -0.1) is 11.8 Å². The van der Waals surface area contributed by atoms with E-state index in [9.17, 15) is 13.2 Å². The summed E-state index contributed by atoms with van der Waals surface area (Å²) in [5, 5.41) is 0. The lowest BCUT2D eigenvalue weighted by atomic mass is 9.91. The number of sulfonamides is 1. The molecule has 1 unspecified atom stereocenters. The van der Waals surface area contributed by atoms with Crippen LogP contribution in [-0.2, 0) is 10.0 Å². The zero-order chi connectivity index (χ0) is 15.5. The molecule has 1 fully saturated rings. The van der Waals surface area contributed by atoms with Crippen LogP contribution >= 0.6 is 11.8 Å². The number of nitrogens with zero attached hydrogens (tertiary/aromatic N) is 1. The van der Waals surface area contributed by atoms with Gasteiger partial charge in [-0.3, -0.25) is 4.79 Å². The Labute approximate surface area is 131 Å². The predicted molar refractivity (Wildman–Crippen MR) is 86.3 cm³/mol. The Kier molecular flexibility index (Phi) is 5.46. The lowest BCUT2D eigenvalue weighted by Crippen LogP contribution is -2.43. The van der Waals surface area contributed by atoms with Gasteiger partial charge in [-0.2, -0.15) is 0 Å². The van der Waals surface area contributed by atoms with Gasteiger partial charge in [0.05, 0.1) is 5.75 Å². The molecule has 4 nitrogen and oxygen atoms in total. The van der Waals surface area contributed by atoms with Crippen LogP contribution < -0.4 is 0 Å². The van der Waals surface area contributed by atoms with Crippen LogP contribution in [0.3, 0.4) is 0 Å². The fraction of sp³-hybridized carbons (Fsp3) is 0.533. The van der Waals surface area contributed by atoms with Crippen molar-refractivity contribution in [2.45, 2.75) is 24.7 Å². The Morgan fingerprint density at radius 3 is 2.76 bits per heavy atom. The molecule has 6 heteroatoms. The second-order valence-corrected chi connectivity index (χ2v) is 8.27. The first-order chi connectivity index (χ1) is 9.99. The molecule has 1 aromatic carbocycles. The van der Waals surface area contributed by atoms with Crippen molar-refractivity contribution in [3.63, 3.8) is 0 Å². The molecule has 0 aromatic heterocycles. The Hall–Kier alpha value is -0.850. The SMILES string of the molecule is CCS(=O)(=O)N1CCCC(C(=O)c2ccccc2SC)C1. The molecular formula is C15H21NO3S2. The highest BCUT2D eigenvalue weighted by Gasteiger charge is 2.32. The molecule has 0 N–H and O–H groups in total. The maximum atomic E-state index is 12.7. The fourth-order valence-corrected chi connectivity index (χ4v) is 4.44. The van der Waals surface area contributed by atoms with Gasteiger partial charge in [0.15, 0.2) is 5.78 Å². The number of Topliss-reactive ketones (excluding diaryl/α,β-unsaturated/α-hetero) is 1. The molecule has 1 saturated heterocycles. The molecule has 0 aliphatic carbocycles. The van der Waals surface area contributed by atoms with Crippen molar-refractivity contribution < 1.29 is 13.2 Å². The number of carbonyl (C=O) groups excluding carboxylic acids is 1. The number of hydrogen-bond donors (Lipinski definition) is 0. The molecular weight excluding hydrogens is 306 g/mol. The van der Waals surface area contributed by atoms with E-state index < -0.39 is 10.0 Å². The highest BCUT2D eigenvalue weighted by atomic mass is 32.2. The van der Waals surface area contributed by atoms with Crippen molar-refractivity contribution >= 4 is 27.6 Å². The van der Waals surface area contributed by atoms with Crippen LogP contribution in [0, 0.1) is 5.92 Å². The second-order valence-electron chi connectivity index (χ2n) is 5.16. The second kappa shape index (κ2) is 6.94. The third kappa shape index (κ3) is 3.67. The zero-order valence-electron chi connectivity index (χ0n) is 12.4. The number of carbonyl (C=O) groups is 1. The van der Waals surface area contributed by atoms with Crippen LogP contribution in [0.25, 0.3) is 0 Å². The van der Waals surface area contributed by atoms with Crippen LogP contribution in [0.2, 0.25) is 0 Å². The van der Waals surface area contributed by atoms with E-state index in [1.165, 1.54) is 4.31 Å². The molecule has 21 heavy (non-hydrogen) atoms. The van der Waals surface area contributed by atoms with Gasteiger partial charge in [0.25, 0.3) is 0 Å². The van der Waals surface area contributed by atoms with Crippen molar-refractivity contribution in [1.82, 2.24) is 4.31 Å². The topological polar surface area (TPSA) is 54.5 Å². The summed E-state index contributed by atoms with van der Waals surface area (Å²) in [6.45, 7) is 2.49. The minimum atomic E-state index is -3.21. The number of ketones is 1. The Morgan fingerprint density at radius 1 is 1.38 bits per heavy atom. The lowest BCUT2D eigenvalue weighted by Gasteiger charge is -2.31. The number of piperidine rings is 1. The molecule has 0 bridgehead atoms. The van der Waals surface area contributed by atoms with Gasteiger partial charge in [-0.25, -0.2) is 12.7 Å². The molecule has 0 amide bonds. The highest BCUT2D eigenvalue weighted by Crippen LogP contribution is 2.27. The molecule has 0 radical (unpaired) electrons. The maximum Gasteiger partial charge on any atom is 0.213 e. The molecule has 1 atom stereocenters. The zero-order valence-corrected chi connectivity index (χ0v) is 14.0. The van der Waals surface area contributed by atoms with Crippen LogP contribution in [0.15, 0.2) is 29.2 Å². The van der Waals surface area contributed by atoms with E-state index in [0.29, 0.717) is 18.7 Å². The summed E-state index contributed by atoms with van der Waals surface area (Å²) in [7, 11) is -3.21. The van der Waals surface area contributed by atoms with Crippen LogP contribution in [0.4, 0.5) is 0 Å². The van der Waals surface area contributed by atoms with Crippen molar-refractivity contribution in [3.8, 4) is 0 Å². The van der Waals surface area contributed by atoms with Gasteiger partial charge in [0.1, 0.15) is 0 Å². The smallest absolute Gasteiger partial charge is 0.213 e. The number of hydrogen-bond acceptors (Lipinski definition) is 4. The van der Waals surface area contributed by atoms with Crippen LogP contribution in [0.1, 0.15) is 30.1 Å². The monoisotopic (exact) mass is 327 g/mol. The van der Waals surface area contributed by atoms with E-state index in [2.05, 4.69) is 0 Å². The van der Waals surface area contributed by atoms with Crippen LogP contribution in [-0.4, -0.2) is 43.6 Å². The van der Waals surface area contributed by atoms with E-state index in [4.69, 9.17) is 0 Å². The Morgan fingerprint density at radius 2 is 2.10 bits per heavy atom. The first kappa shape index (κ1) is 16.5. The summed E-state index contributed by atoms with van der Waals surface area (Å²) in [5.74, 6) is -0.0701. The molecule has 2 rings (SSSR count). The van der Waals surface area contributed by atoms with E-state index in [0.717, 1.165) is 17.7 Å². The largest absolute Gasteiger partial charge is 0.294 e. The molecule has 1 aliphatic heterocycles. The number of benzene rings is 1. The van der Waals surface area contributed by atoms with Gasteiger partial charge in [-0.1, -0.05) is 18.2 Å². The summed E-state index contributed by atoms with van der Waals surface area (Å²) < 4.78 is 25.5. The minimum Gasteiger partial charge on any atom is -0.294 e. The average molecular weight is 327 g/mol. The average Bonchev–Trinajstić information content (AvgIpc) is 2.54. The predicted octanol–water partition coefficient (Wildman–Crippen LogP) is 2.65. The Bertz CT molecular complexity index is 613. The van der Waals surface area contributed by atoms with Crippen molar-refractivity contribution in [2.75, 3.05) is 25.1 Å². The molecule has 0 saturated carbocycles. The summed E-state index contributed by atoms with van der Waals surface area (Å²) in [6, 6.07) is 7.54. The summed E-state index contributed by atoms with van der Waals surface area (Å²) in [4.78, 5) is 13.7. The molecule has 116 valence electrons. The quantitative estimate of drug-likeness (QED) is 0.616. The summed E-state index contributed by atoms with van der Waals surface area (Å²) in [6.07, 6.45) is 3.45. The van der Waals surface area contributed by atoms with Gasteiger partial charge in [0.2, 0.25) is 10.0 Å². The van der Waals surface area contributed by atoms with Gasteiger partial charge in [0, 0.05) is 29.5 Å². The van der Waals surface area contributed by atoms with E-state index in [-0.39, 0.29) is 17.5 Å².